The second kappa shape index (κ2) is 15.4. The molecule has 228 valence electrons. The number of benzene rings is 5. The minimum atomic E-state index is -4.69. The Hall–Kier alpha value is -4.66. The molecule has 0 aromatic heterocycles. The molecule has 45 heavy (non-hydrogen) atoms. The van der Waals surface area contributed by atoms with Gasteiger partial charge in [0.2, 0.25) is 0 Å². The van der Waals surface area contributed by atoms with E-state index in [1.165, 1.54) is 0 Å². The van der Waals surface area contributed by atoms with Crippen LogP contribution < -0.4 is 40.5 Å². The Morgan fingerprint density at radius 3 is 1.22 bits per heavy atom. The molecule has 0 spiro atoms. The zero-order valence-corrected chi connectivity index (χ0v) is 25.9. The molecule has 0 aliphatic carbocycles. The number of rotatable bonds is 8. The van der Waals surface area contributed by atoms with Crippen molar-refractivity contribution in [3.63, 3.8) is 0 Å². The van der Waals surface area contributed by atoms with E-state index in [4.69, 9.17) is 18.6 Å². The van der Waals surface area contributed by atoms with Crippen molar-refractivity contribution in [3.8, 4) is 0 Å². The van der Waals surface area contributed by atoms with Gasteiger partial charge in [-0.05, 0) is 48.5 Å². The van der Waals surface area contributed by atoms with Crippen LogP contribution in [0.5, 0.6) is 0 Å². The van der Waals surface area contributed by atoms with Crippen LogP contribution in [0.25, 0.3) is 5.31 Å². The number of carbonyl (C=O) groups excluding carboxylic acids is 2. The van der Waals surface area contributed by atoms with Gasteiger partial charge in [0, 0.05) is 18.2 Å². The number of amides is 2. The minimum absolute atomic E-state index is 0.229. The molecule has 0 atom stereocenters. The summed E-state index contributed by atoms with van der Waals surface area (Å²) < 4.78 is 32.7. The molecule has 3 N–H and O–H groups in total. The number of likely N-dealkylation sites (N-methyl/N-ethyl adjacent to an activating group) is 1. The lowest BCUT2D eigenvalue weighted by atomic mass is 10.1. The van der Waals surface area contributed by atoms with Crippen molar-refractivity contribution < 1.29 is 38.5 Å². The molecule has 0 aliphatic heterocycles. The zero-order valence-electron chi connectivity index (χ0n) is 24.2. The Labute approximate surface area is 264 Å². The minimum Gasteiger partial charge on any atom is -0.354 e. The van der Waals surface area contributed by atoms with E-state index in [1.54, 1.807) is 19.2 Å². The Kier molecular flexibility index (Phi) is 11.4. The third-order valence-corrected chi connectivity index (χ3v) is 11.1. The van der Waals surface area contributed by atoms with E-state index < -0.39 is 17.5 Å². The molecular weight excluding hydrogens is 611 g/mol. The first-order valence-corrected chi connectivity index (χ1v) is 16.8. The van der Waals surface area contributed by atoms with Crippen LogP contribution in [0.1, 0.15) is 15.9 Å². The molecule has 0 aliphatic rings. The molecule has 0 saturated heterocycles. The monoisotopic (exact) mass is 641 g/mol. The van der Waals surface area contributed by atoms with Gasteiger partial charge in [-0.1, -0.05) is 103 Å². The number of hydrogen-bond donors (Lipinski definition) is 3. The molecular formula is C35H31ClN2O6P+. The molecule has 5 aromatic carbocycles. The SMILES string of the molecule is CNC(=O)/C(NC(=O)c1ccccc1)=C(\c1ccccc1)[P+](c1ccccc1)(c1ccccc1)c1ccccc1.[O-][Cl+3]([O-])([O-])O. The van der Waals surface area contributed by atoms with Crippen molar-refractivity contribution in [2.45, 2.75) is 0 Å². The van der Waals surface area contributed by atoms with Crippen LogP contribution in [0.4, 0.5) is 0 Å². The summed E-state index contributed by atoms with van der Waals surface area (Å²) in [5, 5.41) is 9.85. The average molecular weight is 642 g/mol. The van der Waals surface area contributed by atoms with Crippen molar-refractivity contribution in [2.24, 2.45) is 0 Å². The van der Waals surface area contributed by atoms with Gasteiger partial charge in [0.25, 0.3) is 11.8 Å². The van der Waals surface area contributed by atoms with Crippen LogP contribution in [0, 0.1) is 10.2 Å². The van der Waals surface area contributed by atoms with Gasteiger partial charge in [-0.3, -0.25) is 9.59 Å². The lowest BCUT2D eigenvalue weighted by Gasteiger charge is -2.31. The summed E-state index contributed by atoms with van der Waals surface area (Å²) in [7, 11) is -5.86. The highest BCUT2D eigenvalue weighted by Crippen LogP contribution is 2.67. The van der Waals surface area contributed by atoms with Crippen molar-refractivity contribution >= 4 is 40.3 Å². The summed E-state index contributed by atoms with van der Waals surface area (Å²) >= 11 is 0. The molecule has 0 radical (unpaired) electrons. The Balaban J connectivity index is 0.000000854. The van der Waals surface area contributed by atoms with E-state index in [-0.39, 0.29) is 17.5 Å². The van der Waals surface area contributed by atoms with Crippen molar-refractivity contribution in [3.05, 3.63) is 168 Å². The van der Waals surface area contributed by atoms with Crippen molar-refractivity contribution in [2.75, 3.05) is 7.05 Å². The molecule has 5 aromatic rings. The molecule has 0 fully saturated rings. The Bertz CT molecular complexity index is 1620. The maximum absolute atomic E-state index is 13.9. The fourth-order valence-electron chi connectivity index (χ4n) is 5.01. The van der Waals surface area contributed by atoms with E-state index in [0.717, 1.165) is 26.8 Å². The van der Waals surface area contributed by atoms with Crippen LogP contribution in [-0.4, -0.2) is 23.5 Å². The molecule has 0 heterocycles. The summed E-state index contributed by atoms with van der Waals surface area (Å²) in [5.74, 6) is -0.713. The first-order valence-electron chi connectivity index (χ1n) is 13.7. The summed E-state index contributed by atoms with van der Waals surface area (Å²) in [5.41, 5.74) is 1.56. The van der Waals surface area contributed by atoms with Crippen molar-refractivity contribution in [1.82, 2.24) is 10.6 Å². The third-order valence-electron chi connectivity index (χ3n) is 6.78. The molecule has 5 rings (SSSR count). The predicted octanol–water partition coefficient (Wildman–Crippen LogP) is 1.40. The average Bonchev–Trinajstić information content (AvgIpc) is 3.07. The van der Waals surface area contributed by atoms with Gasteiger partial charge in [-0.25, -0.2) is 0 Å². The first kappa shape index (κ1) is 33.2. The van der Waals surface area contributed by atoms with Gasteiger partial charge in [0.05, 0.1) is 14.9 Å². The van der Waals surface area contributed by atoms with Gasteiger partial charge in [-0.2, -0.15) is 14.0 Å². The number of nitrogens with one attached hydrogen (secondary N) is 2. The highest BCUT2D eigenvalue weighted by molar-refractivity contribution is 8.03. The summed E-state index contributed by atoms with van der Waals surface area (Å²) in [6, 6.07) is 49.8. The summed E-state index contributed by atoms with van der Waals surface area (Å²) in [6.07, 6.45) is 0. The fourth-order valence-corrected chi connectivity index (χ4v) is 9.57. The second-order valence-corrected chi connectivity index (χ2v) is 13.7. The lowest BCUT2D eigenvalue weighted by molar-refractivity contribution is -1.92. The predicted molar refractivity (Wildman–Crippen MR) is 169 cm³/mol. The lowest BCUT2D eigenvalue weighted by Crippen LogP contribution is -2.58. The van der Waals surface area contributed by atoms with E-state index in [9.17, 15) is 9.59 Å². The van der Waals surface area contributed by atoms with Gasteiger partial charge in [-0.15, -0.1) is 0 Å². The highest BCUT2D eigenvalue weighted by Gasteiger charge is 2.52. The number of hydrogen-bond acceptors (Lipinski definition) is 6. The van der Waals surface area contributed by atoms with Gasteiger partial charge < -0.3 is 10.6 Å². The molecule has 10 heteroatoms. The van der Waals surface area contributed by atoms with Crippen LogP contribution in [-0.2, 0) is 4.79 Å². The van der Waals surface area contributed by atoms with Gasteiger partial charge in [0.15, 0.2) is 5.70 Å². The van der Waals surface area contributed by atoms with Crippen LogP contribution in [0.3, 0.4) is 0 Å². The first-order chi connectivity index (χ1) is 21.7. The largest absolute Gasteiger partial charge is 0.354 e. The fraction of sp³-hybridized carbons (Fsp3) is 0.0286. The Morgan fingerprint density at radius 2 is 0.889 bits per heavy atom. The van der Waals surface area contributed by atoms with Crippen molar-refractivity contribution in [1.29, 1.82) is 0 Å². The molecule has 0 unspecified atom stereocenters. The number of halogens is 1. The van der Waals surface area contributed by atoms with E-state index in [0.29, 0.717) is 5.56 Å². The zero-order chi connectivity index (χ0) is 32.3. The third kappa shape index (κ3) is 8.29. The molecule has 8 nitrogen and oxygen atoms in total. The normalized spacial score (nSPS) is 11.8. The van der Waals surface area contributed by atoms with E-state index >= 15 is 0 Å². The van der Waals surface area contributed by atoms with Crippen LogP contribution in [0.15, 0.2) is 157 Å². The quantitative estimate of drug-likeness (QED) is 0.172. The summed E-state index contributed by atoms with van der Waals surface area (Å²) in [4.78, 5) is 27.5. The maximum atomic E-state index is 13.9. The topological polar surface area (TPSA) is 148 Å². The van der Waals surface area contributed by atoms with Crippen LogP contribution >= 0.6 is 7.26 Å². The molecule has 2 amide bonds. The standard InChI is InChI=1S/C35H29N2O2P.ClHO4/c1-36-35(39)32(37-34(38)28-19-9-3-10-20-28)33(27-17-7-2-8-18-27)40(29-21-11-4-12-22-29,30-23-13-5-14-24-30)31-25-15-6-16-26-31;2-1(3,4)5/h2-26H,1H3,(H-,36,37,38,39);(H,2,3,4,5)/p+1/b33-32-;. The Morgan fingerprint density at radius 1 is 0.578 bits per heavy atom. The highest BCUT2D eigenvalue weighted by atomic mass is 35.7. The summed E-state index contributed by atoms with van der Waals surface area (Å²) in [6.45, 7) is 0. The van der Waals surface area contributed by atoms with E-state index in [1.807, 2.05) is 103 Å². The number of carbonyl (C=O) groups is 2. The molecule has 0 saturated carbocycles. The van der Waals surface area contributed by atoms with Gasteiger partial charge in [0.1, 0.15) is 28.5 Å². The van der Waals surface area contributed by atoms with Crippen LogP contribution in [0.2, 0.25) is 0 Å². The second-order valence-electron chi connectivity index (χ2n) is 9.56. The van der Waals surface area contributed by atoms with E-state index in [2.05, 4.69) is 47.0 Å². The smallest absolute Gasteiger partial charge is 0.271 e. The maximum Gasteiger partial charge on any atom is 0.271 e. The molecule has 0 bridgehead atoms. The van der Waals surface area contributed by atoms with Gasteiger partial charge >= 0.3 is 0 Å².